The number of pyridine rings is 1. The summed E-state index contributed by atoms with van der Waals surface area (Å²) in [4.78, 5) is 4.33. The minimum atomic E-state index is -0.116. The van der Waals surface area contributed by atoms with Crippen LogP contribution in [0.5, 0.6) is 0 Å². The molecule has 2 N–H and O–H groups in total. The van der Waals surface area contributed by atoms with Crippen LogP contribution in [0.4, 0.5) is 0 Å². The molecule has 1 saturated heterocycles. The molecule has 0 saturated carbocycles. The highest BCUT2D eigenvalue weighted by Crippen LogP contribution is 2.36. The molecule has 0 radical (unpaired) electrons. The van der Waals surface area contributed by atoms with Crippen molar-refractivity contribution in [1.29, 1.82) is 0 Å². The average molecular weight is 431 g/mol. The number of aryl methyl sites for hydroxylation is 1. The fraction of sp³-hybridized carbons (Fsp3) is 0.400. The molecule has 32 heavy (non-hydrogen) atoms. The summed E-state index contributed by atoms with van der Waals surface area (Å²) in [6, 6.07) is 11.3. The number of aromatic amines is 1. The molecule has 0 atom stereocenters. The fourth-order valence-corrected chi connectivity index (χ4v) is 4.54. The number of rotatable bonds is 6. The number of hydrogen-bond acceptors (Lipinski definition) is 5. The minimum absolute atomic E-state index is 0.116. The summed E-state index contributed by atoms with van der Waals surface area (Å²) in [5.41, 5.74) is 8.51. The second-order valence-corrected chi connectivity index (χ2v) is 9.54. The molecule has 1 aliphatic rings. The van der Waals surface area contributed by atoms with E-state index in [1.54, 1.807) is 6.33 Å². The first-order valence-electron chi connectivity index (χ1n) is 11.2. The molecule has 1 aromatic carbocycles. The van der Waals surface area contributed by atoms with Crippen molar-refractivity contribution in [2.24, 2.45) is 0 Å². The summed E-state index contributed by atoms with van der Waals surface area (Å²) < 4.78 is 7.14. The van der Waals surface area contributed by atoms with E-state index in [4.69, 9.17) is 9.84 Å². The van der Waals surface area contributed by atoms with Gasteiger partial charge in [0.05, 0.1) is 30.6 Å². The van der Waals surface area contributed by atoms with Gasteiger partial charge in [0.15, 0.2) is 5.65 Å². The van der Waals surface area contributed by atoms with Gasteiger partial charge in [-0.3, -0.25) is 5.10 Å². The molecule has 4 heterocycles. The maximum Gasteiger partial charge on any atom is 0.158 e. The van der Waals surface area contributed by atoms with Gasteiger partial charge >= 0.3 is 0 Å². The van der Waals surface area contributed by atoms with Crippen LogP contribution >= 0.6 is 0 Å². The lowest BCUT2D eigenvalue weighted by atomic mass is 9.90. The SMILES string of the molecule is Cc1cc(-c2[nH]nc(-c3ccc(C(C)(C)NC4COC4)cc3)c2C(C)C)cn2ncnc12. The molecule has 7 nitrogen and oxygen atoms in total. The van der Waals surface area contributed by atoms with E-state index in [1.807, 2.05) is 10.7 Å². The lowest BCUT2D eigenvalue weighted by Gasteiger charge is -2.36. The van der Waals surface area contributed by atoms with Gasteiger partial charge < -0.3 is 10.1 Å². The number of nitrogens with one attached hydrogen (secondary N) is 2. The number of H-pyrrole nitrogens is 1. The highest BCUT2D eigenvalue weighted by atomic mass is 16.5. The standard InChI is InChI=1S/C25H30N6O/c1-15(2)21-22(17-6-8-19(9-7-17)25(4,5)28-20-12-32-13-20)29-30-23(21)18-10-16(3)24-26-14-27-31(24)11-18/h6-11,14-15,20,28H,12-13H2,1-5H3,(H,29,30). The third kappa shape index (κ3) is 3.61. The van der Waals surface area contributed by atoms with E-state index >= 15 is 0 Å². The van der Waals surface area contributed by atoms with Crippen molar-refractivity contribution < 1.29 is 4.74 Å². The number of benzene rings is 1. The van der Waals surface area contributed by atoms with Crippen LogP contribution < -0.4 is 5.32 Å². The largest absolute Gasteiger partial charge is 0.378 e. The van der Waals surface area contributed by atoms with Crippen LogP contribution in [0.15, 0.2) is 42.9 Å². The summed E-state index contributed by atoms with van der Waals surface area (Å²) >= 11 is 0. The van der Waals surface area contributed by atoms with Crippen molar-refractivity contribution in [3.05, 3.63) is 59.5 Å². The van der Waals surface area contributed by atoms with Gasteiger partial charge in [-0.15, -0.1) is 0 Å². The van der Waals surface area contributed by atoms with E-state index in [-0.39, 0.29) is 5.54 Å². The van der Waals surface area contributed by atoms with Crippen LogP contribution in [0.2, 0.25) is 0 Å². The van der Waals surface area contributed by atoms with Crippen molar-refractivity contribution in [3.63, 3.8) is 0 Å². The highest BCUT2D eigenvalue weighted by molar-refractivity contribution is 5.76. The Morgan fingerprint density at radius 3 is 2.56 bits per heavy atom. The molecule has 0 bridgehead atoms. The van der Waals surface area contributed by atoms with Crippen LogP contribution in [0, 0.1) is 6.92 Å². The Morgan fingerprint density at radius 2 is 1.91 bits per heavy atom. The van der Waals surface area contributed by atoms with E-state index in [0.717, 1.165) is 46.9 Å². The van der Waals surface area contributed by atoms with Crippen LogP contribution in [0.3, 0.4) is 0 Å². The molecule has 166 valence electrons. The summed E-state index contributed by atoms with van der Waals surface area (Å²) in [5, 5.41) is 16.1. The quantitative estimate of drug-likeness (QED) is 0.473. The highest BCUT2D eigenvalue weighted by Gasteiger charge is 2.28. The van der Waals surface area contributed by atoms with Crippen molar-refractivity contribution in [1.82, 2.24) is 30.1 Å². The van der Waals surface area contributed by atoms with Gasteiger partial charge in [-0.25, -0.2) is 9.50 Å². The van der Waals surface area contributed by atoms with Crippen LogP contribution in [-0.4, -0.2) is 44.1 Å². The van der Waals surface area contributed by atoms with Crippen molar-refractivity contribution >= 4 is 5.65 Å². The molecule has 4 aromatic rings. The molecule has 3 aromatic heterocycles. The maximum absolute atomic E-state index is 5.31. The molecule has 0 spiro atoms. The van der Waals surface area contributed by atoms with E-state index in [9.17, 15) is 0 Å². The van der Waals surface area contributed by atoms with E-state index in [0.29, 0.717) is 12.0 Å². The number of aromatic nitrogens is 5. The third-order valence-electron chi connectivity index (χ3n) is 6.31. The maximum atomic E-state index is 5.31. The zero-order valence-corrected chi connectivity index (χ0v) is 19.3. The summed E-state index contributed by atoms with van der Waals surface area (Å²) in [6.07, 6.45) is 3.60. The Balaban J connectivity index is 1.50. The molecule has 1 fully saturated rings. The molecule has 0 amide bonds. The van der Waals surface area contributed by atoms with Crippen LogP contribution in [0.1, 0.15) is 50.3 Å². The van der Waals surface area contributed by atoms with E-state index < -0.39 is 0 Å². The van der Waals surface area contributed by atoms with Crippen molar-refractivity contribution in [3.8, 4) is 22.5 Å². The van der Waals surface area contributed by atoms with Crippen LogP contribution in [-0.2, 0) is 10.3 Å². The smallest absolute Gasteiger partial charge is 0.158 e. The lowest BCUT2D eigenvalue weighted by Crippen LogP contribution is -2.53. The topological polar surface area (TPSA) is 80.1 Å². The van der Waals surface area contributed by atoms with E-state index in [1.165, 1.54) is 11.1 Å². The van der Waals surface area contributed by atoms with Crippen LogP contribution in [0.25, 0.3) is 28.2 Å². The minimum Gasteiger partial charge on any atom is -0.378 e. The molecular weight excluding hydrogens is 400 g/mol. The fourth-order valence-electron chi connectivity index (χ4n) is 4.54. The zero-order valence-electron chi connectivity index (χ0n) is 19.3. The molecule has 1 aliphatic heterocycles. The first-order chi connectivity index (χ1) is 15.3. The van der Waals surface area contributed by atoms with Crippen molar-refractivity contribution in [2.45, 2.75) is 52.1 Å². The second kappa shape index (κ2) is 7.83. The van der Waals surface area contributed by atoms with Crippen molar-refractivity contribution in [2.75, 3.05) is 13.2 Å². The Hall–Kier alpha value is -3.03. The molecular formula is C25H30N6O. The first kappa shape index (κ1) is 20.8. The van der Waals surface area contributed by atoms with E-state index in [2.05, 4.69) is 85.4 Å². The monoisotopic (exact) mass is 430 g/mol. The molecule has 0 aliphatic carbocycles. The number of nitrogens with zero attached hydrogens (tertiary/aromatic N) is 4. The van der Waals surface area contributed by atoms with Gasteiger partial charge in [-0.2, -0.15) is 10.2 Å². The average Bonchev–Trinajstić information content (AvgIpc) is 3.38. The third-order valence-corrected chi connectivity index (χ3v) is 6.31. The Labute approximate surface area is 188 Å². The lowest BCUT2D eigenvalue weighted by molar-refractivity contribution is -0.0170. The van der Waals surface area contributed by atoms with Gasteiger partial charge in [-0.05, 0) is 43.9 Å². The zero-order chi connectivity index (χ0) is 22.5. The second-order valence-electron chi connectivity index (χ2n) is 9.54. The predicted octanol–water partition coefficient (Wildman–Crippen LogP) is 4.44. The normalized spacial score (nSPS) is 14.9. The molecule has 5 rings (SSSR count). The Morgan fingerprint density at radius 1 is 1.16 bits per heavy atom. The van der Waals surface area contributed by atoms with Gasteiger partial charge in [0, 0.05) is 28.4 Å². The number of fused-ring (bicyclic) bond motifs is 1. The summed E-state index contributed by atoms with van der Waals surface area (Å²) in [5.74, 6) is 0.307. The van der Waals surface area contributed by atoms with Gasteiger partial charge in [0.25, 0.3) is 0 Å². The van der Waals surface area contributed by atoms with Gasteiger partial charge in [-0.1, -0.05) is 38.1 Å². The Kier molecular flexibility index (Phi) is 5.10. The van der Waals surface area contributed by atoms with Gasteiger partial charge in [0.2, 0.25) is 0 Å². The first-order valence-corrected chi connectivity index (χ1v) is 11.2. The summed E-state index contributed by atoms with van der Waals surface area (Å²) in [6.45, 7) is 12.5. The van der Waals surface area contributed by atoms with Gasteiger partial charge in [0.1, 0.15) is 6.33 Å². The Bertz CT molecular complexity index is 1250. The summed E-state index contributed by atoms with van der Waals surface area (Å²) in [7, 11) is 0. The predicted molar refractivity (Wildman–Crippen MR) is 126 cm³/mol. The number of hydrogen-bond donors (Lipinski definition) is 2. The molecule has 7 heteroatoms. The molecule has 0 unspecified atom stereocenters. The number of ether oxygens (including phenoxy) is 1.